The van der Waals surface area contributed by atoms with Crippen molar-refractivity contribution in [3.8, 4) is 28.6 Å². The van der Waals surface area contributed by atoms with E-state index in [1.807, 2.05) is 86.6 Å². The summed E-state index contributed by atoms with van der Waals surface area (Å²) in [5.41, 5.74) is 4.99. The SMILES string of the molecule is CCOc1cc(C)c(-c2nc3ccccc3c(=O)n2N=Cc2ccc(OCc3ccccc3)c(OC)c2)cc1C(C)C. The number of benzene rings is 4. The maximum absolute atomic E-state index is 13.8. The standard InChI is InChI=1S/C35H35N3O4/c1-6-41-32-18-24(4)29(20-28(32)23(2)3)34-37-30-15-11-10-14-27(30)35(39)38(34)36-21-26-16-17-31(33(19-26)40-5)42-22-25-12-8-7-9-13-25/h7-21,23H,6,22H2,1-5H3. The topological polar surface area (TPSA) is 74.9 Å². The number of para-hydroxylation sites is 1. The minimum atomic E-state index is -0.249. The molecule has 0 saturated heterocycles. The molecule has 0 unspecified atom stereocenters. The predicted molar refractivity (Wildman–Crippen MR) is 168 cm³/mol. The number of nitrogens with zero attached hydrogens (tertiary/aromatic N) is 3. The lowest BCUT2D eigenvalue weighted by Gasteiger charge is -2.18. The highest BCUT2D eigenvalue weighted by Crippen LogP contribution is 2.34. The predicted octanol–water partition coefficient (Wildman–Crippen LogP) is 7.36. The lowest BCUT2D eigenvalue weighted by molar-refractivity contribution is 0.284. The summed E-state index contributed by atoms with van der Waals surface area (Å²) in [6, 6.07) is 26.9. The summed E-state index contributed by atoms with van der Waals surface area (Å²) < 4.78 is 18.9. The average Bonchev–Trinajstić information content (AvgIpc) is 3.00. The van der Waals surface area contributed by atoms with Gasteiger partial charge in [-0.3, -0.25) is 4.79 Å². The zero-order valence-corrected chi connectivity index (χ0v) is 24.6. The van der Waals surface area contributed by atoms with E-state index in [4.69, 9.17) is 19.2 Å². The molecule has 0 N–H and O–H groups in total. The third-order valence-corrected chi connectivity index (χ3v) is 7.02. The molecule has 0 fully saturated rings. The fraction of sp³-hybridized carbons (Fsp3) is 0.229. The summed E-state index contributed by atoms with van der Waals surface area (Å²) >= 11 is 0. The molecule has 5 rings (SSSR count). The van der Waals surface area contributed by atoms with Crippen molar-refractivity contribution < 1.29 is 14.2 Å². The van der Waals surface area contributed by atoms with Crippen LogP contribution in [0, 0.1) is 6.92 Å². The summed E-state index contributed by atoms with van der Waals surface area (Å²) in [7, 11) is 1.60. The first kappa shape index (κ1) is 28.6. The molecule has 0 aliphatic rings. The van der Waals surface area contributed by atoms with E-state index in [1.54, 1.807) is 19.4 Å². The molecule has 1 heterocycles. The van der Waals surface area contributed by atoms with E-state index < -0.39 is 0 Å². The highest BCUT2D eigenvalue weighted by Gasteiger charge is 2.18. The number of aryl methyl sites for hydroxylation is 1. The molecule has 4 aromatic carbocycles. The van der Waals surface area contributed by atoms with Crippen LogP contribution in [0.1, 0.15) is 48.9 Å². The van der Waals surface area contributed by atoms with Crippen LogP contribution in [0.5, 0.6) is 17.2 Å². The van der Waals surface area contributed by atoms with Gasteiger partial charge in [-0.15, -0.1) is 0 Å². The van der Waals surface area contributed by atoms with Crippen molar-refractivity contribution in [1.82, 2.24) is 9.66 Å². The van der Waals surface area contributed by atoms with Crippen molar-refractivity contribution in [2.24, 2.45) is 5.10 Å². The Hall–Kier alpha value is -4.91. The lowest BCUT2D eigenvalue weighted by Crippen LogP contribution is -2.21. The van der Waals surface area contributed by atoms with Gasteiger partial charge in [-0.1, -0.05) is 56.3 Å². The highest BCUT2D eigenvalue weighted by molar-refractivity contribution is 5.83. The number of aromatic nitrogens is 2. The maximum atomic E-state index is 13.8. The molecular formula is C35H35N3O4. The van der Waals surface area contributed by atoms with Crippen molar-refractivity contribution in [3.05, 3.63) is 118 Å². The Bertz CT molecular complexity index is 1790. The summed E-state index contributed by atoms with van der Waals surface area (Å²) in [6.07, 6.45) is 1.64. The minimum absolute atomic E-state index is 0.213. The number of rotatable bonds is 10. The number of methoxy groups -OCH3 is 1. The summed E-state index contributed by atoms with van der Waals surface area (Å²) in [4.78, 5) is 18.7. The Morgan fingerprint density at radius 1 is 0.905 bits per heavy atom. The van der Waals surface area contributed by atoms with Gasteiger partial charge in [-0.25, -0.2) is 4.98 Å². The molecule has 0 bridgehead atoms. The number of hydrogen-bond acceptors (Lipinski definition) is 6. The van der Waals surface area contributed by atoms with E-state index >= 15 is 0 Å². The molecule has 1 aromatic heterocycles. The average molecular weight is 562 g/mol. The molecule has 42 heavy (non-hydrogen) atoms. The van der Waals surface area contributed by atoms with E-state index in [0.717, 1.165) is 33.6 Å². The zero-order chi connectivity index (χ0) is 29.6. The fourth-order valence-electron chi connectivity index (χ4n) is 4.82. The van der Waals surface area contributed by atoms with Gasteiger partial charge in [0.2, 0.25) is 0 Å². The molecule has 0 spiro atoms. The first-order valence-corrected chi connectivity index (χ1v) is 14.1. The zero-order valence-electron chi connectivity index (χ0n) is 24.6. The van der Waals surface area contributed by atoms with Crippen molar-refractivity contribution in [3.63, 3.8) is 0 Å². The quantitative estimate of drug-likeness (QED) is 0.167. The Labute approximate surface area is 246 Å². The van der Waals surface area contributed by atoms with Crippen molar-refractivity contribution in [2.45, 2.75) is 40.2 Å². The van der Waals surface area contributed by atoms with Gasteiger partial charge in [0.1, 0.15) is 12.4 Å². The van der Waals surface area contributed by atoms with Gasteiger partial charge in [-0.2, -0.15) is 9.78 Å². The molecule has 0 aliphatic carbocycles. The fourth-order valence-corrected chi connectivity index (χ4v) is 4.82. The van der Waals surface area contributed by atoms with Crippen LogP contribution in [-0.4, -0.2) is 29.6 Å². The van der Waals surface area contributed by atoms with Gasteiger partial charge in [0.25, 0.3) is 5.56 Å². The molecule has 214 valence electrons. The smallest absolute Gasteiger partial charge is 0.282 e. The first-order valence-electron chi connectivity index (χ1n) is 14.1. The molecule has 7 nitrogen and oxygen atoms in total. The molecular weight excluding hydrogens is 526 g/mol. The minimum Gasteiger partial charge on any atom is -0.494 e. The van der Waals surface area contributed by atoms with E-state index in [0.29, 0.717) is 41.4 Å². The van der Waals surface area contributed by atoms with Gasteiger partial charge >= 0.3 is 0 Å². The lowest BCUT2D eigenvalue weighted by atomic mass is 9.96. The van der Waals surface area contributed by atoms with Crippen LogP contribution in [0.15, 0.2) is 94.8 Å². The molecule has 5 aromatic rings. The Morgan fingerprint density at radius 2 is 1.67 bits per heavy atom. The molecule has 0 radical (unpaired) electrons. The van der Waals surface area contributed by atoms with Crippen molar-refractivity contribution in [2.75, 3.05) is 13.7 Å². The van der Waals surface area contributed by atoms with Crippen molar-refractivity contribution >= 4 is 17.1 Å². The van der Waals surface area contributed by atoms with Gasteiger partial charge in [0, 0.05) is 5.56 Å². The molecule has 7 heteroatoms. The van der Waals surface area contributed by atoms with E-state index in [2.05, 4.69) is 25.0 Å². The van der Waals surface area contributed by atoms with Crippen LogP contribution >= 0.6 is 0 Å². The second-order valence-electron chi connectivity index (χ2n) is 10.3. The molecule has 0 saturated carbocycles. The van der Waals surface area contributed by atoms with Crippen molar-refractivity contribution in [1.29, 1.82) is 0 Å². The van der Waals surface area contributed by atoms with Crippen LogP contribution in [0.3, 0.4) is 0 Å². The van der Waals surface area contributed by atoms with E-state index in [-0.39, 0.29) is 11.5 Å². The number of fused-ring (bicyclic) bond motifs is 1. The van der Waals surface area contributed by atoms with Gasteiger partial charge < -0.3 is 14.2 Å². The maximum Gasteiger partial charge on any atom is 0.282 e. The van der Waals surface area contributed by atoms with Gasteiger partial charge in [0.05, 0.1) is 30.8 Å². The third-order valence-electron chi connectivity index (χ3n) is 7.02. The number of ether oxygens (including phenoxy) is 3. The molecule has 0 amide bonds. The van der Waals surface area contributed by atoms with E-state index in [9.17, 15) is 4.79 Å². The first-order chi connectivity index (χ1) is 20.4. The van der Waals surface area contributed by atoms with Crippen LogP contribution < -0.4 is 19.8 Å². The second kappa shape index (κ2) is 12.7. The summed E-state index contributed by atoms with van der Waals surface area (Å²) in [5.74, 6) is 2.71. The Morgan fingerprint density at radius 3 is 2.40 bits per heavy atom. The largest absolute Gasteiger partial charge is 0.494 e. The molecule has 0 aliphatic heterocycles. The van der Waals surface area contributed by atoms with Crippen LogP contribution in [0.25, 0.3) is 22.3 Å². The number of hydrogen-bond donors (Lipinski definition) is 0. The highest BCUT2D eigenvalue weighted by atomic mass is 16.5. The molecule has 0 atom stereocenters. The van der Waals surface area contributed by atoms with Gasteiger partial charge in [0.15, 0.2) is 17.3 Å². The summed E-state index contributed by atoms with van der Waals surface area (Å²) in [5, 5.41) is 5.16. The summed E-state index contributed by atoms with van der Waals surface area (Å²) in [6.45, 7) is 9.21. The Balaban J connectivity index is 1.57. The monoisotopic (exact) mass is 561 g/mol. The van der Waals surface area contributed by atoms with Crippen LogP contribution in [-0.2, 0) is 6.61 Å². The van der Waals surface area contributed by atoms with Crippen LogP contribution in [0.4, 0.5) is 0 Å². The Kier molecular flexibility index (Phi) is 8.67. The normalized spacial score (nSPS) is 11.4. The second-order valence-corrected chi connectivity index (χ2v) is 10.3. The van der Waals surface area contributed by atoms with Crippen LogP contribution in [0.2, 0.25) is 0 Å². The van der Waals surface area contributed by atoms with Gasteiger partial charge in [-0.05, 0) is 84.5 Å². The third kappa shape index (κ3) is 6.05. The van der Waals surface area contributed by atoms with E-state index in [1.165, 1.54) is 4.68 Å².